The summed E-state index contributed by atoms with van der Waals surface area (Å²) in [6, 6.07) is 13.9. The number of nitrogens with zero attached hydrogens (tertiary/aromatic N) is 2. The molecule has 3 aromatic rings. The van der Waals surface area contributed by atoms with E-state index in [4.69, 9.17) is 4.74 Å². The second kappa shape index (κ2) is 6.17. The molecule has 0 bridgehead atoms. The molecule has 23 heavy (non-hydrogen) atoms. The summed E-state index contributed by atoms with van der Waals surface area (Å²) in [6.45, 7) is 2.55. The number of para-hydroxylation sites is 1. The minimum Gasteiger partial charge on any atom is -0.495 e. The van der Waals surface area contributed by atoms with Crippen LogP contribution >= 0.6 is 11.3 Å². The van der Waals surface area contributed by atoms with Crippen LogP contribution in [0.15, 0.2) is 57.8 Å². The van der Waals surface area contributed by atoms with Crippen molar-refractivity contribution in [2.45, 2.75) is 18.4 Å². The second-order valence-corrected chi connectivity index (χ2v) is 7.43. The quantitative estimate of drug-likeness (QED) is 0.728. The molecule has 0 aliphatic carbocycles. The molecule has 0 aliphatic heterocycles. The predicted molar refractivity (Wildman–Crippen MR) is 91.2 cm³/mol. The lowest BCUT2D eigenvalue weighted by Crippen LogP contribution is -2.16. The molecule has 0 unspecified atom stereocenters. The fourth-order valence-corrected chi connectivity index (χ4v) is 4.71. The summed E-state index contributed by atoms with van der Waals surface area (Å²) < 4.78 is 37.2. The number of thiazole rings is 1. The van der Waals surface area contributed by atoms with Gasteiger partial charge in [0.05, 0.1) is 16.7 Å². The molecule has 0 radical (unpaired) electrons. The fourth-order valence-electron chi connectivity index (χ4n) is 2.37. The van der Waals surface area contributed by atoms with E-state index in [0.29, 0.717) is 17.1 Å². The summed E-state index contributed by atoms with van der Waals surface area (Å²) in [5.74, 6) is 0.708. The zero-order valence-electron chi connectivity index (χ0n) is 12.8. The first-order valence-corrected chi connectivity index (χ1v) is 9.35. The highest BCUT2D eigenvalue weighted by molar-refractivity contribution is 7.90. The summed E-state index contributed by atoms with van der Waals surface area (Å²) in [5, 5.41) is 0. The first kappa shape index (κ1) is 15.8. The molecule has 2 aromatic carbocycles. The van der Waals surface area contributed by atoms with Gasteiger partial charge in [0.2, 0.25) is 4.80 Å². The smallest absolute Gasteiger partial charge is 0.285 e. The van der Waals surface area contributed by atoms with Gasteiger partial charge in [-0.25, -0.2) is 0 Å². The van der Waals surface area contributed by atoms with Crippen molar-refractivity contribution in [3.8, 4) is 5.75 Å². The van der Waals surface area contributed by atoms with Gasteiger partial charge in [-0.15, -0.1) is 4.40 Å². The molecule has 0 saturated carbocycles. The van der Waals surface area contributed by atoms with Gasteiger partial charge in [0, 0.05) is 6.54 Å². The van der Waals surface area contributed by atoms with Crippen LogP contribution < -0.4 is 9.54 Å². The zero-order valence-corrected chi connectivity index (χ0v) is 14.4. The Balaban J connectivity index is 2.28. The van der Waals surface area contributed by atoms with E-state index in [0.717, 1.165) is 10.2 Å². The van der Waals surface area contributed by atoms with Crippen LogP contribution in [0.1, 0.15) is 6.92 Å². The zero-order chi connectivity index (χ0) is 16.4. The third kappa shape index (κ3) is 2.89. The molecule has 0 fully saturated rings. The lowest BCUT2D eigenvalue weighted by molar-refractivity contribution is 0.417. The van der Waals surface area contributed by atoms with Crippen LogP contribution in [0.3, 0.4) is 0 Å². The molecular weight excluding hydrogens is 332 g/mol. The number of aryl methyl sites for hydroxylation is 1. The molecule has 0 aliphatic rings. The van der Waals surface area contributed by atoms with Crippen LogP contribution in [0.5, 0.6) is 5.75 Å². The Labute approximate surface area is 138 Å². The van der Waals surface area contributed by atoms with Crippen molar-refractivity contribution in [3.63, 3.8) is 0 Å². The van der Waals surface area contributed by atoms with Crippen LogP contribution in [0.25, 0.3) is 10.2 Å². The lowest BCUT2D eigenvalue weighted by atomic mass is 10.3. The normalized spacial score (nSPS) is 12.7. The van der Waals surface area contributed by atoms with E-state index >= 15 is 0 Å². The van der Waals surface area contributed by atoms with Gasteiger partial charge < -0.3 is 9.30 Å². The number of aromatic nitrogens is 1. The van der Waals surface area contributed by atoms with Gasteiger partial charge in [0.15, 0.2) is 0 Å². The van der Waals surface area contributed by atoms with E-state index < -0.39 is 10.0 Å². The summed E-state index contributed by atoms with van der Waals surface area (Å²) in [6.07, 6.45) is 0. The van der Waals surface area contributed by atoms with Crippen LogP contribution in [0.4, 0.5) is 0 Å². The number of ether oxygens (including phenoxy) is 1. The molecule has 0 spiro atoms. The fraction of sp³-hybridized carbons (Fsp3) is 0.188. The molecule has 5 nitrogen and oxygen atoms in total. The molecule has 0 N–H and O–H groups in total. The van der Waals surface area contributed by atoms with E-state index in [1.165, 1.54) is 11.3 Å². The van der Waals surface area contributed by atoms with E-state index in [1.807, 2.05) is 29.7 Å². The standard InChI is InChI=1S/C16H16N2O3S2/c1-3-18-15-13(21-2)10-7-11-14(15)22-16(18)17-23(19,20)12-8-5-4-6-9-12/h4-11H,3H2,1-2H3. The molecule has 3 rings (SSSR count). The Kier molecular flexibility index (Phi) is 4.23. The van der Waals surface area contributed by atoms with E-state index in [1.54, 1.807) is 37.4 Å². The Hall–Kier alpha value is -2.12. The lowest BCUT2D eigenvalue weighted by Gasteiger charge is -2.05. The number of fused-ring (bicyclic) bond motifs is 1. The van der Waals surface area contributed by atoms with Gasteiger partial charge in [0.25, 0.3) is 10.0 Å². The Bertz CT molecular complexity index is 1000. The van der Waals surface area contributed by atoms with Crippen molar-refractivity contribution >= 4 is 31.6 Å². The SMILES string of the molecule is CCn1c(=NS(=O)(=O)c2ccccc2)sc2cccc(OC)c21. The van der Waals surface area contributed by atoms with Crippen LogP contribution in [-0.2, 0) is 16.6 Å². The molecule has 7 heteroatoms. The molecule has 120 valence electrons. The maximum atomic E-state index is 12.5. The largest absolute Gasteiger partial charge is 0.495 e. The topological polar surface area (TPSA) is 60.7 Å². The van der Waals surface area contributed by atoms with Crippen LogP contribution in [-0.4, -0.2) is 20.1 Å². The van der Waals surface area contributed by atoms with Crippen molar-refractivity contribution in [1.29, 1.82) is 0 Å². The third-order valence-electron chi connectivity index (χ3n) is 3.44. The number of hydrogen-bond acceptors (Lipinski definition) is 4. The van der Waals surface area contributed by atoms with Gasteiger partial charge >= 0.3 is 0 Å². The van der Waals surface area contributed by atoms with Crippen molar-refractivity contribution in [2.75, 3.05) is 7.11 Å². The highest BCUT2D eigenvalue weighted by Crippen LogP contribution is 2.27. The van der Waals surface area contributed by atoms with E-state index in [2.05, 4.69) is 4.40 Å². The van der Waals surface area contributed by atoms with Gasteiger partial charge in [-0.2, -0.15) is 8.42 Å². The number of hydrogen-bond donors (Lipinski definition) is 0. The number of rotatable bonds is 4. The van der Waals surface area contributed by atoms with E-state index in [-0.39, 0.29) is 4.90 Å². The predicted octanol–water partition coefficient (Wildman–Crippen LogP) is 3.02. The minimum atomic E-state index is -3.74. The highest BCUT2D eigenvalue weighted by atomic mass is 32.2. The molecule has 1 aromatic heterocycles. The molecule has 0 amide bonds. The maximum Gasteiger partial charge on any atom is 0.285 e. The summed E-state index contributed by atoms with van der Waals surface area (Å²) >= 11 is 1.34. The van der Waals surface area contributed by atoms with Gasteiger partial charge in [-0.1, -0.05) is 35.6 Å². The van der Waals surface area contributed by atoms with Crippen LogP contribution in [0.2, 0.25) is 0 Å². The summed E-state index contributed by atoms with van der Waals surface area (Å²) in [4.78, 5) is 0.628. The van der Waals surface area contributed by atoms with Gasteiger partial charge in [-0.3, -0.25) is 0 Å². The van der Waals surface area contributed by atoms with Gasteiger partial charge in [0.1, 0.15) is 11.3 Å². The number of sulfonamides is 1. The Morgan fingerprint density at radius 3 is 2.52 bits per heavy atom. The third-order valence-corrected chi connectivity index (χ3v) is 5.88. The molecule has 0 atom stereocenters. The van der Waals surface area contributed by atoms with E-state index in [9.17, 15) is 8.42 Å². The average molecular weight is 348 g/mol. The van der Waals surface area contributed by atoms with Gasteiger partial charge in [-0.05, 0) is 31.2 Å². The van der Waals surface area contributed by atoms with Crippen molar-refractivity contribution in [1.82, 2.24) is 4.57 Å². The monoisotopic (exact) mass is 348 g/mol. The van der Waals surface area contributed by atoms with Crippen LogP contribution in [0, 0.1) is 0 Å². The summed E-state index contributed by atoms with van der Waals surface area (Å²) in [5.41, 5.74) is 0.865. The first-order chi connectivity index (χ1) is 11.1. The van der Waals surface area contributed by atoms with Crippen molar-refractivity contribution in [3.05, 3.63) is 53.3 Å². The molecule has 0 saturated heterocycles. The minimum absolute atomic E-state index is 0.187. The Morgan fingerprint density at radius 1 is 1.13 bits per heavy atom. The molecular formula is C16H16N2O3S2. The van der Waals surface area contributed by atoms with Crippen molar-refractivity contribution in [2.24, 2.45) is 4.40 Å². The average Bonchev–Trinajstić information content (AvgIpc) is 2.91. The second-order valence-electron chi connectivity index (χ2n) is 4.82. The molecule has 1 heterocycles. The number of methoxy groups -OCH3 is 1. The Morgan fingerprint density at radius 2 is 1.87 bits per heavy atom. The highest BCUT2D eigenvalue weighted by Gasteiger charge is 2.15. The maximum absolute atomic E-state index is 12.5. The van der Waals surface area contributed by atoms with Crippen molar-refractivity contribution < 1.29 is 13.2 Å². The number of benzene rings is 2. The first-order valence-electron chi connectivity index (χ1n) is 7.09. The summed E-state index contributed by atoms with van der Waals surface area (Å²) in [7, 11) is -2.14.